The lowest BCUT2D eigenvalue weighted by Gasteiger charge is -2.29. The number of phenols is 1. The number of aromatic hydroxyl groups is 1. The summed E-state index contributed by atoms with van der Waals surface area (Å²) < 4.78 is 0. The molecule has 0 aliphatic heterocycles. The third-order valence-corrected chi connectivity index (χ3v) is 6.48. The lowest BCUT2D eigenvalue weighted by atomic mass is 9.94. The third-order valence-electron chi connectivity index (χ3n) is 6.48. The molecule has 4 N–H and O–H groups in total. The molecule has 8 nitrogen and oxygen atoms in total. The zero-order valence-electron chi connectivity index (χ0n) is 22.3. The standard InChI is InChI=1S/C31H36N2O6/c1-21(2)19-33(20-24(29(35)36)14-13-22-9-5-3-6-10-22)31(39)32-28(30(37)38)18-25-17-26(34)15-16-27(25)23-11-7-4-8-12-23/h3-12,15-17,21,24,28,34H,13-14,18-20H2,1-2H3,(H,32,39)(H,35,36)(H,37,38)/t24-,28-/m0/s1. The second-order valence-electron chi connectivity index (χ2n) is 10.1. The fourth-order valence-electron chi connectivity index (χ4n) is 4.53. The van der Waals surface area contributed by atoms with Gasteiger partial charge in [-0.3, -0.25) is 4.79 Å². The minimum atomic E-state index is -1.29. The number of phenolic OH excluding ortho intramolecular Hbond substituents is 1. The number of nitrogens with one attached hydrogen (secondary N) is 1. The lowest BCUT2D eigenvalue weighted by Crippen LogP contribution is -2.51. The highest BCUT2D eigenvalue weighted by Gasteiger charge is 2.28. The van der Waals surface area contributed by atoms with Crippen LogP contribution in [0.3, 0.4) is 0 Å². The number of amides is 2. The Kier molecular flexibility index (Phi) is 10.5. The first kappa shape index (κ1) is 29.2. The highest BCUT2D eigenvalue weighted by Crippen LogP contribution is 2.28. The van der Waals surface area contributed by atoms with Gasteiger partial charge < -0.3 is 25.5 Å². The summed E-state index contributed by atoms with van der Waals surface area (Å²) in [7, 11) is 0. The van der Waals surface area contributed by atoms with Crippen molar-refractivity contribution in [1.29, 1.82) is 0 Å². The van der Waals surface area contributed by atoms with Crippen molar-refractivity contribution in [2.75, 3.05) is 13.1 Å². The van der Waals surface area contributed by atoms with Crippen LogP contribution in [-0.4, -0.2) is 57.3 Å². The Morgan fingerprint density at radius 1 is 0.846 bits per heavy atom. The molecule has 2 amide bonds. The Morgan fingerprint density at radius 2 is 1.49 bits per heavy atom. The van der Waals surface area contributed by atoms with E-state index in [1.165, 1.54) is 17.0 Å². The van der Waals surface area contributed by atoms with Crippen LogP contribution in [0.2, 0.25) is 0 Å². The number of aryl methyl sites for hydroxylation is 1. The molecule has 0 bridgehead atoms. The van der Waals surface area contributed by atoms with Crippen LogP contribution >= 0.6 is 0 Å². The highest BCUT2D eigenvalue weighted by molar-refractivity contribution is 5.84. The molecule has 0 fully saturated rings. The van der Waals surface area contributed by atoms with Gasteiger partial charge in [-0.15, -0.1) is 0 Å². The van der Waals surface area contributed by atoms with E-state index in [1.807, 2.05) is 74.5 Å². The molecule has 0 aliphatic rings. The van der Waals surface area contributed by atoms with E-state index in [4.69, 9.17) is 0 Å². The molecule has 0 aromatic heterocycles. The van der Waals surface area contributed by atoms with E-state index in [2.05, 4.69) is 5.32 Å². The van der Waals surface area contributed by atoms with Gasteiger partial charge in [0, 0.05) is 19.5 Å². The number of carbonyl (C=O) groups is 3. The largest absolute Gasteiger partial charge is 0.508 e. The summed E-state index contributed by atoms with van der Waals surface area (Å²) in [4.78, 5) is 39.0. The van der Waals surface area contributed by atoms with Gasteiger partial charge in [-0.2, -0.15) is 0 Å². The molecular formula is C31H36N2O6. The molecular weight excluding hydrogens is 496 g/mol. The number of urea groups is 1. The van der Waals surface area contributed by atoms with Crippen molar-refractivity contribution in [1.82, 2.24) is 10.2 Å². The first-order valence-electron chi connectivity index (χ1n) is 13.1. The molecule has 206 valence electrons. The summed E-state index contributed by atoms with van der Waals surface area (Å²) in [5, 5.41) is 32.5. The van der Waals surface area contributed by atoms with E-state index in [1.54, 1.807) is 6.07 Å². The number of carbonyl (C=O) groups excluding carboxylic acids is 1. The number of hydrogen-bond donors (Lipinski definition) is 4. The summed E-state index contributed by atoms with van der Waals surface area (Å²) >= 11 is 0. The van der Waals surface area contributed by atoms with Crippen molar-refractivity contribution in [3.05, 3.63) is 90.0 Å². The van der Waals surface area contributed by atoms with Crippen LogP contribution in [-0.2, 0) is 22.4 Å². The quantitative estimate of drug-likeness (QED) is 0.244. The summed E-state index contributed by atoms with van der Waals surface area (Å²) in [5.41, 5.74) is 3.18. The smallest absolute Gasteiger partial charge is 0.326 e. The Hall–Kier alpha value is -4.33. The maximum atomic E-state index is 13.3. The van der Waals surface area contributed by atoms with Gasteiger partial charge in [0.2, 0.25) is 0 Å². The van der Waals surface area contributed by atoms with Crippen molar-refractivity contribution in [2.24, 2.45) is 11.8 Å². The molecule has 3 rings (SSSR count). The lowest BCUT2D eigenvalue weighted by molar-refractivity contribution is -0.142. The maximum Gasteiger partial charge on any atom is 0.326 e. The average Bonchev–Trinajstić information content (AvgIpc) is 2.90. The minimum Gasteiger partial charge on any atom is -0.508 e. The summed E-state index contributed by atoms with van der Waals surface area (Å²) in [6.45, 7) is 4.05. The van der Waals surface area contributed by atoms with Crippen molar-refractivity contribution in [3.8, 4) is 16.9 Å². The molecule has 0 aliphatic carbocycles. The van der Waals surface area contributed by atoms with E-state index in [9.17, 15) is 29.7 Å². The van der Waals surface area contributed by atoms with Crippen molar-refractivity contribution in [2.45, 2.75) is 39.2 Å². The van der Waals surface area contributed by atoms with Crippen LogP contribution in [0, 0.1) is 11.8 Å². The maximum absolute atomic E-state index is 13.3. The fraction of sp³-hybridized carbons (Fsp3) is 0.323. The third kappa shape index (κ3) is 8.88. The highest BCUT2D eigenvalue weighted by atomic mass is 16.4. The number of hydrogen-bond acceptors (Lipinski definition) is 4. The molecule has 0 radical (unpaired) electrons. The topological polar surface area (TPSA) is 127 Å². The molecule has 0 spiro atoms. The Labute approximate surface area is 228 Å². The van der Waals surface area contributed by atoms with Gasteiger partial charge in [0.1, 0.15) is 11.8 Å². The van der Waals surface area contributed by atoms with Gasteiger partial charge in [0.15, 0.2) is 0 Å². The first-order chi connectivity index (χ1) is 18.6. The number of nitrogens with zero attached hydrogens (tertiary/aromatic N) is 1. The second-order valence-corrected chi connectivity index (χ2v) is 10.1. The SMILES string of the molecule is CC(C)CN(C[C@H](CCc1ccccc1)C(=O)O)C(=O)N[C@@H](Cc1cc(O)ccc1-c1ccccc1)C(=O)O. The number of carboxylic acids is 2. The monoisotopic (exact) mass is 532 g/mol. The number of benzene rings is 3. The van der Waals surface area contributed by atoms with Gasteiger partial charge in [-0.25, -0.2) is 9.59 Å². The molecule has 0 unspecified atom stereocenters. The van der Waals surface area contributed by atoms with Crippen LogP contribution in [0.1, 0.15) is 31.4 Å². The van der Waals surface area contributed by atoms with E-state index < -0.39 is 29.9 Å². The van der Waals surface area contributed by atoms with Gasteiger partial charge in [-0.05, 0) is 53.1 Å². The van der Waals surface area contributed by atoms with Gasteiger partial charge in [-0.1, -0.05) is 80.6 Å². The zero-order chi connectivity index (χ0) is 28.4. The van der Waals surface area contributed by atoms with Crippen LogP contribution < -0.4 is 5.32 Å². The Balaban J connectivity index is 1.78. The van der Waals surface area contributed by atoms with Gasteiger partial charge in [0.05, 0.1) is 5.92 Å². The molecule has 0 saturated carbocycles. The van der Waals surface area contributed by atoms with Crippen LogP contribution in [0.5, 0.6) is 5.75 Å². The van der Waals surface area contributed by atoms with Crippen molar-refractivity contribution in [3.63, 3.8) is 0 Å². The molecule has 0 heterocycles. The molecule has 0 saturated heterocycles. The number of carboxylic acid groups (broad SMARTS) is 2. The van der Waals surface area contributed by atoms with E-state index in [-0.39, 0.29) is 31.2 Å². The minimum absolute atomic E-state index is 0.00991. The Bertz CT molecular complexity index is 1250. The van der Waals surface area contributed by atoms with Crippen molar-refractivity contribution >= 4 is 18.0 Å². The van der Waals surface area contributed by atoms with Crippen molar-refractivity contribution < 1.29 is 29.7 Å². The molecule has 2 atom stereocenters. The number of rotatable bonds is 13. The zero-order valence-corrected chi connectivity index (χ0v) is 22.3. The summed E-state index contributed by atoms with van der Waals surface area (Å²) in [5.74, 6) is -3.01. The first-order valence-corrected chi connectivity index (χ1v) is 13.1. The average molecular weight is 533 g/mol. The summed E-state index contributed by atoms with van der Waals surface area (Å²) in [6.07, 6.45) is 0.825. The molecule has 8 heteroatoms. The number of aliphatic carboxylic acids is 2. The molecule has 39 heavy (non-hydrogen) atoms. The van der Waals surface area contributed by atoms with E-state index >= 15 is 0 Å². The van der Waals surface area contributed by atoms with Crippen LogP contribution in [0.4, 0.5) is 4.79 Å². The van der Waals surface area contributed by atoms with Crippen LogP contribution in [0.25, 0.3) is 11.1 Å². The summed E-state index contributed by atoms with van der Waals surface area (Å²) in [6, 6.07) is 21.7. The molecule has 3 aromatic rings. The fourth-order valence-corrected chi connectivity index (χ4v) is 4.53. The predicted octanol–water partition coefficient (Wildman–Crippen LogP) is 5.06. The van der Waals surface area contributed by atoms with Gasteiger partial charge in [0.25, 0.3) is 0 Å². The van der Waals surface area contributed by atoms with E-state index in [0.717, 1.165) is 16.7 Å². The second kappa shape index (κ2) is 14.0. The molecule has 3 aromatic carbocycles. The van der Waals surface area contributed by atoms with E-state index in [0.29, 0.717) is 18.4 Å². The van der Waals surface area contributed by atoms with Crippen LogP contribution in [0.15, 0.2) is 78.9 Å². The predicted molar refractivity (Wildman–Crippen MR) is 150 cm³/mol. The Morgan fingerprint density at radius 3 is 2.08 bits per heavy atom. The van der Waals surface area contributed by atoms with Gasteiger partial charge >= 0.3 is 18.0 Å². The normalized spacial score (nSPS) is 12.5.